The topological polar surface area (TPSA) is 41.6 Å². The summed E-state index contributed by atoms with van der Waals surface area (Å²) in [6.07, 6.45) is 3.90. The van der Waals surface area contributed by atoms with Gasteiger partial charge < -0.3 is 15.0 Å². The Balaban J connectivity index is 1.52. The number of nitrogens with one attached hydrogen (secondary N) is 1. The fourth-order valence-corrected chi connectivity index (χ4v) is 3.09. The van der Waals surface area contributed by atoms with E-state index in [2.05, 4.69) is 15.0 Å². The summed E-state index contributed by atoms with van der Waals surface area (Å²) in [5.74, 6) is -0.0734. The Morgan fingerprint density at radius 2 is 1.65 bits per heavy atom. The summed E-state index contributed by atoms with van der Waals surface area (Å²) in [5, 5.41) is 2.86. The van der Waals surface area contributed by atoms with Gasteiger partial charge in [0.2, 0.25) is 5.91 Å². The molecule has 4 nitrogen and oxygen atoms in total. The van der Waals surface area contributed by atoms with Crippen LogP contribution in [0.15, 0.2) is 48.5 Å². The highest BCUT2D eigenvalue weighted by atomic mass is 19.3. The second-order valence-corrected chi connectivity index (χ2v) is 6.34. The average molecular weight is 360 g/mol. The van der Waals surface area contributed by atoms with Crippen molar-refractivity contribution in [3.8, 4) is 5.75 Å². The van der Waals surface area contributed by atoms with Crippen LogP contribution in [-0.4, -0.2) is 25.6 Å². The molecule has 0 saturated carbocycles. The molecule has 1 fully saturated rings. The molecular weight excluding hydrogens is 338 g/mol. The Labute approximate surface area is 151 Å². The van der Waals surface area contributed by atoms with Crippen molar-refractivity contribution < 1.29 is 18.3 Å². The zero-order chi connectivity index (χ0) is 18.4. The van der Waals surface area contributed by atoms with Crippen LogP contribution in [0, 0.1) is 0 Å². The molecule has 26 heavy (non-hydrogen) atoms. The fourth-order valence-electron chi connectivity index (χ4n) is 3.09. The van der Waals surface area contributed by atoms with Crippen LogP contribution in [0.2, 0.25) is 0 Å². The lowest BCUT2D eigenvalue weighted by Crippen LogP contribution is -2.29. The highest BCUT2D eigenvalue weighted by Gasteiger charge is 2.11. The molecule has 2 aromatic carbocycles. The second kappa shape index (κ2) is 8.65. The van der Waals surface area contributed by atoms with Crippen LogP contribution in [0.3, 0.4) is 0 Å². The van der Waals surface area contributed by atoms with Crippen molar-refractivity contribution >= 4 is 17.3 Å². The van der Waals surface area contributed by atoms with Gasteiger partial charge in [0.05, 0.1) is 6.42 Å². The number of hydrogen-bond donors (Lipinski definition) is 1. The summed E-state index contributed by atoms with van der Waals surface area (Å²) in [6.45, 7) is -0.689. The SMILES string of the molecule is O=C(Cc1ccc(OC(F)F)cc1)Nc1ccc(N2CCCCC2)cc1. The van der Waals surface area contributed by atoms with Gasteiger partial charge in [-0.2, -0.15) is 8.78 Å². The Bertz CT molecular complexity index is 712. The van der Waals surface area contributed by atoms with E-state index in [0.29, 0.717) is 0 Å². The van der Waals surface area contributed by atoms with Gasteiger partial charge in [-0.1, -0.05) is 12.1 Å². The number of hydrogen-bond acceptors (Lipinski definition) is 3. The Hall–Kier alpha value is -2.63. The Morgan fingerprint density at radius 3 is 2.27 bits per heavy atom. The summed E-state index contributed by atoms with van der Waals surface area (Å²) in [5.41, 5.74) is 2.65. The number of benzene rings is 2. The molecule has 1 N–H and O–H groups in total. The van der Waals surface area contributed by atoms with Crippen LogP contribution in [0.5, 0.6) is 5.75 Å². The highest BCUT2D eigenvalue weighted by Crippen LogP contribution is 2.22. The monoisotopic (exact) mass is 360 g/mol. The molecule has 0 bridgehead atoms. The summed E-state index contributed by atoms with van der Waals surface area (Å²) in [6, 6.07) is 13.9. The van der Waals surface area contributed by atoms with Crippen LogP contribution in [0.25, 0.3) is 0 Å². The van der Waals surface area contributed by atoms with Gasteiger partial charge in [-0.15, -0.1) is 0 Å². The highest BCUT2D eigenvalue weighted by molar-refractivity contribution is 5.92. The summed E-state index contributed by atoms with van der Waals surface area (Å²) < 4.78 is 28.6. The lowest BCUT2D eigenvalue weighted by molar-refractivity contribution is -0.115. The molecule has 1 heterocycles. The zero-order valence-corrected chi connectivity index (χ0v) is 14.5. The molecule has 0 aliphatic carbocycles. The van der Waals surface area contributed by atoms with Gasteiger partial charge in [0.25, 0.3) is 0 Å². The lowest BCUT2D eigenvalue weighted by Gasteiger charge is -2.28. The zero-order valence-electron chi connectivity index (χ0n) is 14.5. The summed E-state index contributed by atoms with van der Waals surface area (Å²) in [4.78, 5) is 14.5. The molecule has 138 valence electrons. The van der Waals surface area contributed by atoms with E-state index >= 15 is 0 Å². The van der Waals surface area contributed by atoms with Gasteiger partial charge in [-0.05, 0) is 61.2 Å². The molecule has 0 atom stereocenters. The van der Waals surface area contributed by atoms with Crippen molar-refractivity contribution in [2.75, 3.05) is 23.3 Å². The number of alkyl halides is 2. The third-order valence-electron chi connectivity index (χ3n) is 4.39. The van der Waals surface area contributed by atoms with E-state index in [4.69, 9.17) is 0 Å². The maximum atomic E-state index is 12.2. The first kappa shape index (κ1) is 18.2. The van der Waals surface area contributed by atoms with Crippen LogP contribution in [0.4, 0.5) is 20.2 Å². The number of piperidine rings is 1. The van der Waals surface area contributed by atoms with Crippen molar-refractivity contribution in [1.82, 2.24) is 0 Å². The van der Waals surface area contributed by atoms with Crippen molar-refractivity contribution in [1.29, 1.82) is 0 Å². The quantitative estimate of drug-likeness (QED) is 0.827. The predicted octanol–water partition coefficient (Wildman–Crippen LogP) is 4.46. The van der Waals surface area contributed by atoms with Crippen molar-refractivity contribution in [2.45, 2.75) is 32.3 Å². The van der Waals surface area contributed by atoms with Crippen LogP contribution >= 0.6 is 0 Å². The maximum Gasteiger partial charge on any atom is 0.387 e. The molecule has 0 unspecified atom stereocenters. The smallest absolute Gasteiger partial charge is 0.387 e. The molecule has 3 rings (SSSR count). The van der Waals surface area contributed by atoms with E-state index in [0.717, 1.165) is 24.3 Å². The van der Waals surface area contributed by atoms with E-state index in [1.54, 1.807) is 12.1 Å². The van der Waals surface area contributed by atoms with E-state index in [1.807, 2.05) is 24.3 Å². The Morgan fingerprint density at radius 1 is 1.00 bits per heavy atom. The molecule has 0 spiro atoms. The van der Waals surface area contributed by atoms with E-state index < -0.39 is 6.61 Å². The first-order valence-corrected chi connectivity index (χ1v) is 8.79. The Kier molecular flexibility index (Phi) is 6.04. The minimum absolute atomic E-state index is 0.0810. The third kappa shape index (κ3) is 5.18. The molecule has 0 aromatic heterocycles. The molecular formula is C20H22F2N2O2. The maximum absolute atomic E-state index is 12.2. The van der Waals surface area contributed by atoms with Gasteiger partial charge in [-0.25, -0.2) is 0 Å². The number of halogens is 2. The van der Waals surface area contributed by atoms with Crippen LogP contribution in [-0.2, 0) is 11.2 Å². The van der Waals surface area contributed by atoms with Gasteiger partial charge in [0, 0.05) is 24.5 Å². The summed E-state index contributed by atoms with van der Waals surface area (Å²) >= 11 is 0. The fraction of sp³-hybridized carbons (Fsp3) is 0.350. The molecule has 6 heteroatoms. The summed E-state index contributed by atoms with van der Waals surface area (Å²) in [7, 11) is 0. The lowest BCUT2D eigenvalue weighted by atomic mass is 10.1. The van der Waals surface area contributed by atoms with E-state index in [-0.39, 0.29) is 18.1 Å². The van der Waals surface area contributed by atoms with Crippen molar-refractivity contribution in [3.05, 3.63) is 54.1 Å². The minimum atomic E-state index is -2.85. The van der Waals surface area contributed by atoms with Crippen LogP contribution in [0.1, 0.15) is 24.8 Å². The van der Waals surface area contributed by atoms with Gasteiger partial charge in [0.1, 0.15) is 5.75 Å². The van der Waals surface area contributed by atoms with Crippen molar-refractivity contribution in [2.24, 2.45) is 0 Å². The number of nitrogens with zero attached hydrogens (tertiary/aromatic N) is 1. The molecule has 0 radical (unpaired) electrons. The van der Waals surface area contributed by atoms with Gasteiger partial charge in [0.15, 0.2) is 0 Å². The first-order chi connectivity index (χ1) is 12.6. The predicted molar refractivity (Wildman–Crippen MR) is 97.9 cm³/mol. The second-order valence-electron chi connectivity index (χ2n) is 6.34. The minimum Gasteiger partial charge on any atom is -0.435 e. The van der Waals surface area contributed by atoms with E-state index in [9.17, 15) is 13.6 Å². The number of rotatable bonds is 6. The third-order valence-corrected chi connectivity index (χ3v) is 4.39. The van der Waals surface area contributed by atoms with Crippen LogP contribution < -0.4 is 15.0 Å². The molecule has 1 amide bonds. The number of carbonyl (C=O) groups is 1. The molecule has 1 saturated heterocycles. The average Bonchev–Trinajstić information content (AvgIpc) is 2.64. The normalized spacial score (nSPS) is 14.3. The van der Waals surface area contributed by atoms with Crippen molar-refractivity contribution in [3.63, 3.8) is 0 Å². The largest absolute Gasteiger partial charge is 0.435 e. The van der Waals surface area contributed by atoms with Gasteiger partial charge in [-0.3, -0.25) is 4.79 Å². The standard InChI is InChI=1S/C20H22F2N2O2/c21-20(22)26-18-10-4-15(5-11-18)14-19(25)23-16-6-8-17(9-7-16)24-12-2-1-3-13-24/h4-11,20H,1-3,12-14H2,(H,23,25). The number of anilines is 2. The number of carbonyl (C=O) groups excluding carboxylic acids is 1. The first-order valence-electron chi connectivity index (χ1n) is 8.79. The number of amides is 1. The van der Waals surface area contributed by atoms with E-state index in [1.165, 1.54) is 37.1 Å². The molecule has 1 aliphatic heterocycles. The number of ether oxygens (including phenoxy) is 1. The molecule has 2 aromatic rings. The van der Waals surface area contributed by atoms with Gasteiger partial charge >= 0.3 is 6.61 Å². The molecule has 1 aliphatic rings.